The molecule has 0 saturated carbocycles. The smallest absolute Gasteiger partial charge is 0.0735 e. The molecule has 1 unspecified atom stereocenters. The van der Waals surface area contributed by atoms with Crippen molar-refractivity contribution in [2.24, 2.45) is 0 Å². The number of rotatable bonds is 8. The summed E-state index contributed by atoms with van der Waals surface area (Å²) in [6.45, 7) is 0. The minimum absolute atomic E-state index is 0.313. The fourth-order valence-electron chi connectivity index (χ4n) is 10.3. The third-order valence-corrected chi connectivity index (χ3v) is 15.3. The molecule has 0 N–H and O–H groups in total. The van der Waals surface area contributed by atoms with Gasteiger partial charge in [-0.1, -0.05) is 176 Å². The second kappa shape index (κ2) is 14.8. The molecule has 12 rings (SSSR count). The SMILES string of the molecule is c1ccc(CCC(c2ccccc2)c2ccc3sc4cc(N(c5ccccc5)c5ccc6c(c5)Sc5ccccc5C65c6ccccc6-c6ccccc65)ccc4c3c2)cc1. The van der Waals surface area contributed by atoms with E-state index in [0.717, 1.165) is 29.9 Å². The van der Waals surface area contributed by atoms with Crippen molar-refractivity contribution in [1.29, 1.82) is 0 Å². The molecule has 0 saturated heterocycles. The zero-order chi connectivity index (χ0) is 40.3. The Kier molecular flexibility index (Phi) is 8.80. The summed E-state index contributed by atoms with van der Waals surface area (Å²) in [5.41, 5.74) is 15.3. The Morgan fingerprint density at radius 3 is 1.77 bits per heavy atom. The predicted molar refractivity (Wildman–Crippen MR) is 258 cm³/mol. The Morgan fingerprint density at radius 2 is 1.02 bits per heavy atom. The largest absolute Gasteiger partial charge is 0.310 e. The quantitative estimate of drug-likeness (QED) is 0.150. The lowest BCUT2D eigenvalue weighted by Crippen LogP contribution is -2.32. The molecule has 10 aromatic rings. The normalized spacial score (nSPS) is 13.7. The van der Waals surface area contributed by atoms with Crippen molar-refractivity contribution in [3.05, 3.63) is 257 Å². The van der Waals surface area contributed by atoms with Gasteiger partial charge in [-0.3, -0.25) is 0 Å². The monoisotopic (exact) mass is 815 g/mol. The molecule has 9 aromatic carbocycles. The van der Waals surface area contributed by atoms with Gasteiger partial charge in [0.1, 0.15) is 0 Å². The van der Waals surface area contributed by atoms with Crippen molar-refractivity contribution in [2.45, 2.75) is 34.0 Å². The summed E-state index contributed by atoms with van der Waals surface area (Å²) in [5, 5.41) is 2.65. The highest BCUT2D eigenvalue weighted by Gasteiger charge is 2.50. The second-order valence-electron chi connectivity index (χ2n) is 16.3. The molecular formula is C58H41NS2. The first-order valence-corrected chi connectivity index (χ1v) is 22.9. The molecule has 2 heterocycles. The first kappa shape index (κ1) is 36.2. The van der Waals surface area contributed by atoms with E-state index in [4.69, 9.17) is 0 Å². The van der Waals surface area contributed by atoms with Crippen LogP contribution in [0.4, 0.5) is 17.1 Å². The van der Waals surface area contributed by atoms with Gasteiger partial charge in [-0.2, -0.15) is 0 Å². The first-order chi connectivity index (χ1) is 30.2. The summed E-state index contributed by atoms with van der Waals surface area (Å²) in [7, 11) is 0. The van der Waals surface area contributed by atoms with Crippen LogP contribution in [-0.4, -0.2) is 0 Å². The van der Waals surface area contributed by atoms with Crippen LogP contribution in [0.3, 0.4) is 0 Å². The van der Waals surface area contributed by atoms with Crippen LogP contribution in [0.5, 0.6) is 0 Å². The molecule has 0 fully saturated rings. The predicted octanol–water partition coefficient (Wildman–Crippen LogP) is 16.1. The average Bonchev–Trinajstić information content (AvgIpc) is 3.83. The second-order valence-corrected chi connectivity index (χ2v) is 18.5. The van der Waals surface area contributed by atoms with Crippen LogP contribution in [0.1, 0.15) is 51.3 Å². The molecule has 1 aliphatic heterocycles. The van der Waals surface area contributed by atoms with E-state index in [-0.39, 0.29) is 0 Å². The molecule has 1 spiro atoms. The van der Waals surface area contributed by atoms with E-state index in [1.165, 1.54) is 80.0 Å². The molecule has 0 amide bonds. The molecule has 2 aliphatic rings. The van der Waals surface area contributed by atoms with Gasteiger partial charge in [-0.05, 0) is 118 Å². The van der Waals surface area contributed by atoms with Gasteiger partial charge in [0.05, 0.1) is 5.41 Å². The van der Waals surface area contributed by atoms with Crippen molar-refractivity contribution < 1.29 is 0 Å². The molecular weight excluding hydrogens is 775 g/mol. The van der Waals surface area contributed by atoms with Gasteiger partial charge in [0.25, 0.3) is 0 Å². The minimum Gasteiger partial charge on any atom is -0.310 e. The summed E-state index contributed by atoms with van der Waals surface area (Å²) < 4.78 is 2.62. The van der Waals surface area contributed by atoms with E-state index >= 15 is 0 Å². The van der Waals surface area contributed by atoms with Gasteiger partial charge >= 0.3 is 0 Å². The Labute approximate surface area is 365 Å². The number of benzene rings is 9. The maximum absolute atomic E-state index is 2.47. The zero-order valence-corrected chi connectivity index (χ0v) is 35.2. The molecule has 1 aliphatic carbocycles. The summed E-state index contributed by atoms with van der Waals surface area (Å²) >= 11 is 3.79. The van der Waals surface area contributed by atoms with Gasteiger partial charge in [0.2, 0.25) is 0 Å². The summed E-state index contributed by atoms with van der Waals surface area (Å²) in [6.07, 6.45) is 2.10. The van der Waals surface area contributed by atoms with E-state index in [1.54, 1.807) is 0 Å². The van der Waals surface area contributed by atoms with Gasteiger partial charge < -0.3 is 4.90 Å². The minimum atomic E-state index is -0.392. The number of nitrogens with zero attached hydrogens (tertiary/aromatic N) is 1. The van der Waals surface area contributed by atoms with E-state index in [9.17, 15) is 0 Å². The molecule has 1 atom stereocenters. The van der Waals surface area contributed by atoms with Crippen LogP contribution in [0.2, 0.25) is 0 Å². The van der Waals surface area contributed by atoms with Crippen LogP contribution in [0.15, 0.2) is 228 Å². The number of thiophene rings is 1. The third kappa shape index (κ3) is 5.90. The van der Waals surface area contributed by atoms with Crippen molar-refractivity contribution >= 4 is 60.3 Å². The van der Waals surface area contributed by atoms with Crippen LogP contribution >= 0.6 is 23.1 Å². The first-order valence-electron chi connectivity index (χ1n) is 21.3. The Morgan fingerprint density at radius 1 is 0.410 bits per heavy atom. The summed E-state index contributed by atoms with van der Waals surface area (Å²) in [5.74, 6) is 0.313. The Hall–Kier alpha value is -6.65. The van der Waals surface area contributed by atoms with Crippen LogP contribution in [-0.2, 0) is 11.8 Å². The van der Waals surface area contributed by atoms with E-state index in [1.807, 2.05) is 23.1 Å². The topological polar surface area (TPSA) is 3.24 Å². The fraction of sp³-hybridized carbons (Fsp3) is 0.0690. The summed E-state index contributed by atoms with van der Waals surface area (Å²) in [6, 6.07) is 81.5. The van der Waals surface area contributed by atoms with Crippen molar-refractivity contribution in [3.63, 3.8) is 0 Å². The van der Waals surface area contributed by atoms with Crippen molar-refractivity contribution in [1.82, 2.24) is 0 Å². The number of hydrogen-bond acceptors (Lipinski definition) is 3. The van der Waals surface area contributed by atoms with Crippen LogP contribution < -0.4 is 4.90 Å². The molecule has 0 radical (unpaired) electrons. The van der Waals surface area contributed by atoms with Crippen molar-refractivity contribution in [2.75, 3.05) is 4.90 Å². The molecule has 1 aromatic heterocycles. The van der Waals surface area contributed by atoms with Crippen LogP contribution in [0.25, 0.3) is 31.3 Å². The number of aryl methyl sites for hydroxylation is 1. The van der Waals surface area contributed by atoms with Gasteiger partial charge in [0.15, 0.2) is 0 Å². The maximum atomic E-state index is 2.47. The van der Waals surface area contributed by atoms with Gasteiger partial charge in [-0.25, -0.2) is 0 Å². The Balaban J connectivity index is 0.972. The zero-order valence-electron chi connectivity index (χ0n) is 33.5. The lowest BCUT2D eigenvalue weighted by atomic mass is 9.67. The fourth-order valence-corrected chi connectivity index (χ4v) is 12.7. The van der Waals surface area contributed by atoms with Crippen LogP contribution in [0, 0.1) is 0 Å². The highest BCUT2D eigenvalue weighted by molar-refractivity contribution is 7.99. The van der Waals surface area contributed by atoms with E-state index in [2.05, 4.69) is 223 Å². The molecule has 290 valence electrons. The molecule has 61 heavy (non-hydrogen) atoms. The van der Waals surface area contributed by atoms with E-state index in [0.29, 0.717) is 5.92 Å². The van der Waals surface area contributed by atoms with Gasteiger partial charge in [0, 0.05) is 52.9 Å². The summed E-state index contributed by atoms with van der Waals surface area (Å²) in [4.78, 5) is 5.04. The number of hydrogen-bond donors (Lipinski definition) is 0. The van der Waals surface area contributed by atoms with Crippen molar-refractivity contribution in [3.8, 4) is 11.1 Å². The molecule has 0 bridgehead atoms. The number of para-hydroxylation sites is 1. The van der Waals surface area contributed by atoms with Gasteiger partial charge in [-0.15, -0.1) is 11.3 Å². The Bertz CT molecular complexity index is 3200. The number of anilines is 3. The highest BCUT2D eigenvalue weighted by atomic mass is 32.2. The standard InChI is InChI=1S/C58H41NS2/c1-4-16-39(17-5-1)28-32-45(40-18-6-2-7-19-40)41-29-35-54-49(36-41)48-33-30-43(37-56(48)60-54)59(42-20-8-3-9-21-42)44-31-34-53-57(38-44)61-55-27-15-14-26-52(55)58(53)50-24-12-10-22-46(50)47-23-11-13-25-51(47)58/h1-27,29-31,33-38,45H,28,32H2. The molecule has 3 heteroatoms. The third-order valence-electron chi connectivity index (χ3n) is 13.0. The lowest BCUT2D eigenvalue weighted by molar-refractivity contribution is 0.716. The van der Waals surface area contributed by atoms with E-state index < -0.39 is 5.41 Å². The lowest BCUT2D eigenvalue weighted by Gasteiger charge is -2.40. The maximum Gasteiger partial charge on any atom is 0.0735 e. The average molecular weight is 816 g/mol. The number of fused-ring (bicyclic) bond motifs is 12. The molecule has 1 nitrogen and oxygen atoms in total. The highest BCUT2D eigenvalue weighted by Crippen LogP contribution is 2.62.